The van der Waals surface area contributed by atoms with Gasteiger partial charge in [-0.05, 0) is 36.4 Å². The van der Waals surface area contributed by atoms with E-state index in [1.165, 1.54) is 24.3 Å². The van der Waals surface area contributed by atoms with Gasteiger partial charge in [-0.2, -0.15) is 20.8 Å². The number of anilines is 1. The summed E-state index contributed by atoms with van der Waals surface area (Å²) in [4.78, 5) is 12.1. The highest BCUT2D eigenvalue weighted by Crippen LogP contribution is 2.24. The third-order valence-electron chi connectivity index (χ3n) is 3.54. The Hall–Kier alpha value is -3.78. The summed E-state index contributed by atoms with van der Waals surface area (Å²) in [5, 5.41) is 36.3. The van der Waals surface area contributed by atoms with Gasteiger partial charge in [0.25, 0.3) is 5.69 Å². The molecule has 0 saturated heterocycles. The summed E-state index contributed by atoms with van der Waals surface area (Å²) in [6, 6.07) is 17.3. The maximum atomic E-state index is 10.6. The number of nitriles is 2. The van der Waals surface area contributed by atoms with Crippen molar-refractivity contribution in [2.45, 2.75) is 12.8 Å². The van der Waals surface area contributed by atoms with Crippen LogP contribution in [0.25, 0.3) is 0 Å². The summed E-state index contributed by atoms with van der Waals surface area (Å²) >= 11 is 0. The van der Waals surface area contributed by atoms with Crippen LogP contribution in [0, 0.1) is 32.8 Å². The summed E-state index contributed by atoms with van der Waals surface area (Å²) in [5.41, 5.74) is 2.06. The third-order valence-corrected chi connectivity index (χ3v) is 3.54. The van der Waals surface area contributed by atoms with E-state index in [-0.39, 0.29) is 5.69 Å². The number of azo groups is 1. The van der Waals surface area contributed by atoms with Crippen molar-refractivity contribution in [3.8, 4) is 12.1 Å². The van der Waals surface area contributed by atoms with Gasteiger partial charge < -0.3 is 4.90 Å². The zero-order valence-electron chi connectivity index (χ0n) is 13.9. The molecule has 0 fully saturated rings. The van der Waals surface area contributed by atoms with Gasteiger partial charge in [0.15, 0.2) is 0 Å². The van der Waals surface area contributed by atoms with E-state index in [0.29, 0.717) is 37.3 Å². The summed E-state index contributed by atoms with van der Waals surface area (Å²) in [6.07, 6.45) is 0.764. The number of nitro groups is 1. The molecule has 2 rings (SSSR count). The van der Waals surface area contributed by atoms with Gasteiger partial charge >= 0.3 is 0 Å². The molecule has 0 radical (unpaired) electrons. The molecule has 0 aromatic heterocycles. The SMILES string of the molecule is N#CCCN(CCC#N)c1ccc(N=Nc2ccc([N+](=O)[O-])cc2)cc1. The Bertz CT molecular complexity index is 829. The molecule has 2 aromatic carbocycles. The topological polar surface area (TPSA) is 119 Å². The van der Waals surface area contributed by atoms with Crippen LogP contribution in [0.1, 0.15) is 12.8 Å². The van der Waals surface area contributed by atoms with Gasteiger partial charge in [-0.3, -0.25) is 10.1 Å². The normalized spacial score (nSPS) is 10.2. The Kier molecular flexibility index (Phi) is 6.78. The molecule has 8 nitrogen and oxygen atoms in total. The van der Waals surface area contributed by atoms with E-state index < -0.39 is 4.92 Å². The first-order valence-electron chi connectivity index (χ1n) is 7.89. The van der Waals surface area contributed by atoms with Gasteiger partial charge in [-0.25, -0.2) is 0 Å². The monoisotopic (exact) mass is 348 g/mol. The molecule has 0 bridgehead atoms. The second-order valence-electron chi connectivity index (χ2n) is 5.29. The Morgan fingerprint density at radius 2 is 1.35 bits per heavy atom. The number of rotatable bonds is 8. The highest BCUT2D eigenvalue weighted by atomic mass is 16.6. The second-order valence-corrected chi connectivity index (χ2v) is 5.29. The molecular weight excluding hydrogens is 332 g/mol. The van der Waals surface area contributed by atoms with Crippen molar-refractivity contribution in [1.29, 1.82) is 10.5 Å². The van der Waals surface area contributed by atoms with Gasteiger partial charge in [0.2, 0.25) is 0 Å². The lowest BCUT2D eigenvalue weighted by atomic mass is 10.2. The molecule has 0 heterocycles. The molecule has 0 aliphatic carbocycles. The first kappa shape index (κ1) is 18.6. The minimum atomic E-state index is -0.468. The molecule has 0 aliphatic heterocycles. The van der Waals surface area contributed by atoms with Crippen LogP contribution < -0.4 is 4.90 Å². The van der Waals surface area contributed by atoms with E-state index in [0.717, 1.165) is 5.69 Å². The fourth-order valence-corrected chi connectivity index (χ4v) is 2.23. The number of nitrogens with zero attached hydrogens (tertiary/aromatic N) is 6. The fraction of sp³-hybridized carbons (Fsp3) is 0.222. The second kappa shape index (κ2) is 9.50. The molecule has 0 aliphatic rings. The van der Waals surface area contributed by atoms with Gasteiger partial charge in [-0.1, -0.05) is 0 Å². The number of benzene rings is 2. The van der Waals surface area contributed by atoms with Crippen molar-refractivity contribution >= 4 is 22.7 Å². The third kappa shape index (κ3) is 5.39. The first-order chi connectivity index (χ1) is 12.6. The van der Waals surface area contributed by atoms with Crippen LogP contribution >= 0.6 is 0 Å². The van der Waals surface area contributed by atoms with Crippen LogP contribution in [-0.4, -0.2) is 18.0 Å². The molecule has 0 amide bonds. The lowest BCUT2D eigenvalue weighted by Crippen LogP contribution is -2.25. The number of hydrogen-bond donors (Lipinski definition) is 0. The molecule has 26 heavy (non-hydrogen) atoms. The standard InChI is InChI=1S/C18H16N6O2/c19-11-1-13-23(14-2-12-20)17-7-3-15(4-8-17)21-22-16-5-9-18(10-6-16)24(25)26/h3-10H,1-2,13-14H2. The maximum absolute atomic E-state index is 10.6. The van der Waals surface area contributed by atoms with Crippen molar-refractivity contribution in [1.82, 2.24) is 0 Å². The molecule has 130 valence electrons. The Labute approximate surface area is 150 Å². The van der Waals surface area contributed by atoms with Crippen LogP contribution in [0.2, 0.25) is 0 Å². The predicted molar refractivity (Wildman–Crippen MR) is 96.4 cm³/mol. The maximum Gasteiger partial charge on any atom is 0.269 e. The van der Waals surface area contributed by atoms with E-state index >= 15 is 0 Å². The van der Waals surface area contributed by atoms with Crippen LogP contribution in [0.4, 0.5) is 22.7 Å². The largest absolute Gasteiger partial charge is 0.369 e. The lowest BCUT2D eigenvalue weighted by molar-refractivity contribution is -0.384. The van der Waals surface area contributed by atoms with E-state index in [1.807, 2.05) is 17.0 Å². The van der Waals surface area contributed by atoms with E-state index in [2.05, 4.69) is 22.4 Å². The van der Waals surface area contributed by atoms with Gasteiger partial charge in [0, 0.05) is 30.9 Å². The van der Waals surface area contributed by atoms with E-state index in [4.69, 9.17) is 10.5 Å². The average Bonchev–Trinajstić information content (AvgIpc) is 2.67. The predicted octanol–water partition coefficient (Wildman–Crippen LogP) is 4.64. The molecule has 8 heteroatoms. The summed E-state index contributed by atoms with van der Waals surface area (Å²) in [7, 11) is 0. The smallest absolute Gasteiger partial charge is 0.269 e. The minimum absolute atomic E-state index is 0.00290. The highest BCUT2D eigenvalue weighted by Gasteiger charge is 2.06. The summed E-state index contributed by atoms with van der Waals surface area (Å²) in [6.45, 7) is 1.11. The van der Waals surface area contributed by atoms with Gasteiger partial charge in [-0.15, -0.1) is 0 Å². The Morgan fingerprint density at radius 3 is 1.77 bits per heavy atom. The highest BCUT2D eigenvalue weighted by molar-refractivity contribution is 5.53. The van der Waals surface area contributed by atoms with Crippen LogP contribution in [0.3, 0.4) is 0 Å². The molecule has 0 spiro atoms. The van der Waals surface area contributed by atoms with Crippen LogP contribution in [-0.2, 0) is 0 Å². The molecule has 0 saturated carbocycles. The Morgan fingerprint density at radius 1 is 0.885 bits per heavy atom. The number of nitro benzene ring substituents is 1. The molecule has 0 N–H and O–H groups in total. The average molecular weight is 348 g/mol. The summed E-state index contributed by atoms with van der Waals surface area (Å²) in [5.74, 6) is 0. The van der Waals surface area contributed by atoms with E-state index in [9.17, 15) is 10.1 Å². The molecule has 0 unspecified atom stereocenters. The van der Waals surface area contributed by atoms with Gasteiger partial charge in [0.05, 0.1) is 41.3 Å². The quantitative estimate of drug-likeness (QED) is 0.391. The van der Waals surface area contributed by atoms with Gasteiger partial charge in [0.1, 0.15) is 0 Å². The number of hydrogen-bond acceptors (Lipinski definition) is 7. The zero-order valence-corrected chi connectivity index (χ0v) is 13.9. The van der Waals surface area contributed by atoms with Crippen molar-refractivity contribution in [2.24, 2.45) is 10.2 Å². The van der Waals surface area contributed by atoms with Crippen molar-refractivity contribution in [3.05, 3.63) is 58.6 Å². The number of non-ortho nitro benzene ring substituents is 1. The molecule has 0 atom stereocenters. The van der Waals surface area contributed by atoms with E-state index in [1.54, 1.807) is 12.1 Å². The Balaban J connectivity index is 2.06. The van der Waals surface area contributed by atoms with Crippen molar-refractivity contribution in [3.63, 3.8) is 0 Å². The molecule has 2 aromatic rings. The first-order valence-corrected chi connectivity index (χ1v) is 7.89. The summed E-state index contributed by atoms with van der Waals surface area (Å²) < 4.78 is 0. The van der Waals surface area contributed by atoms with Crippen molar-refractivity contribution < 1.29 is 4.92 Å². The van der Waals surface area contributed by atoms with Crippen molar-refractivity contribution in [2.75, 3.05) is 18.0 Å². The minimum Gasteiger partial charge on any atom is -0.369 e. The van der Waals surface area contributed by atoms with Crippen LogP contribution in [0.5, 0.6) is 0 Å². The zero-order chi connectivity index (χ0) is 18.8. The lowest BCUT2D eigenvalue weighted by Gasteiger charge is -2.22. The fourth-order valence-electron chi connectivity index (χ4n) is 2.23. The van der Waals surface area contributed by atoms with Crippen LogP contribution in [0.15, 0.2) is 58.8 Å². The molecular formula is C18H16N6O2.